The molecule has 4 N–H and O–H groups in total. The van der Waals surface area contributed by atoms with Crippen LogP contribution in [0.15, 0.2) is 12.1 Å². The van der Waals surface area contributed by atoms with Gasteiger partial charge < -0.3 is 16.2 Å². The second kappa shape index (κ2) is 5.21. The number of nitrogens with two attached hydrogens (primary N) is 1. The lowest BCUT2D eigenvalue weighted by atomic mass is 9.83. The first kappa shape index (κ1) is 13.9. The maximum absolute atomic E-state index is 14.7. The Morgan fingerprint density at radius 1 is 1.28 bits per heavy atom. The van der Waals surface area contributed by atoms with Gasteiger partial charge in [0.1, 0.15) is 11.4 Å². The quantitative estimate of drug-likeness (QED) is 0.786. The fourth-order valence-electron chi connectivity index (χ4n) is 2.23. The molecule has 3 nitrogen and oxygen atoms in total. The molecule has 0 bridgehead atoms. The highest BCUT2D eigenvalue weighted by Gasteiger charge is 2.40. The number of halogens is 3. The number of hydrogen-bond acceptors (Lipinski definition) is 3. The summed E-state index contributed by atoms with van der Waals surface area (Å²) in [6, 6.07) is 1.82. The van der Waals surface area contributed by atoms with Crippen LogP contribution in [0.5, 0.6) is 5.75 Å². The van der Waals surface area contributed by atoms with E-state index in [-0.39, 0.29) is 15.8 Å². The van der Waals surface area contributed by atoms with Gasteiger partial charge in [0.15, 0.2) is 0 Å². The first-order valence-electron chi connectivity index (χ1n) is 5.77. The minimum Gasteiger partial charge on any atom is -0.508 e. The van der Waals surface area contributed by atoms with Crippen LogP contribution in [-0.2, 0) is 0 Å². The van der Waals surface area contributed by atoms with Crippen molar-refractivity contribution in [2.24, 2.45) is 5.73 Å². The maximum Gasteiger partial charge on any atom is 0.132 e. The first-order valence-corrected chi connectivity index (χ1v) is 6.53. The zero-order valence-electron chi connectivity index (χ0n) is 9.72. The first-order chi connectivity index (χ1) is 8.44. The summed E-state index contributed by atoms with van der Waals surface area (Å²) in [5.41, 5.74) is 4.73. The second-order valence-corrected chi connectivity index (χ2v) is 5.40. The number of piperidine rings is 1. The third kappa shape index (κ3) is 2.57. The Balaban J connectivity index is 2.33. The Kier molecular flexibility index (Phi) is 4.02. The Bertz CT molecular complexity index is 450. The number of rotatable bonds is 2. The molecule has 0 spiro atoms. The SMILES string of the molecule is NC(c1cc(Cl)c(Cl)cc1O)C1(F)CCNCC1. The molecule has 18 heavy (non-hydrogen) atoms. The van der Waals surface area contributed by atoms with Gasteiger partial charge in [-0.1, -0.05) is 23.2 Å². The smallest absolute Gasteiger partial charge is 0.132 e. The molecular weight excluding hydrogens is 278 g/mol. The van der Waals surface area contributed by atoms with Gasteiger partial charge in [-0.05, 0) is 32.0 Å². The predicted molar refractivity (Wildman–Crippen MR) is 71.0 cm³/mol. The van der Waals surface area contributed by atoms with Crippen LogP contribution in [0, 0.1) is 0 Å². The molecule has 0 aliphatic carbocycles. The zero-order chi connectivity index (χ0) is 13.3. The van der Waals surface area contributed by atoms with Gasteiger partial charge in [0.2, 0.25) is 0 Å². The van der Waals surface area contributed by atoms with Crippen LogP contribution in [0.2, 0.25) is 10.0 Å². The van der Waals surface area contributed by atoms with Gasteiger partial charge in [-0.15, -0.1) is 0 Å². The van der Waals surface area contributed by atoms with Gasteiger partial charge in [0, 0.05) is 11.6 Å². The van der Waals surface area contributed by atoms with E-state index in [1.54, 1.807) is 0 Å². The number of phenols is 1. The zero-order valence-corrected chi connectivity index (χ0v) is 11.2. The van der Waals surface area contributed by atoms with Crippen molar-refractivity contribution >= 4 is 23.2 Å². The van der Waals surface area contributed by atoms with E-state index in [2.05, 4.69) is 5.32 Å². The summed E-state index contributed by atoms with van der Waals surface area (Å²) in [6.07, 6.45) is 0.627. The minimum atomic E-state index is -1.53. The number of nitrogens with one attached hydrogen (secondary N) is 1. The van der Waals surface area contributed by atoms with Crippen molar-refractivity contribution in [3.05, 3.63) is 27.7 Å². The monoisotopic (exact) mass is 292 g/mol. The Morgan fingerprint density at radius 3 is 2.44 bits per heavy atom. The van der Waals surface area contributed by atoms with Crippen molar-refractivity contribution in [2.75, 3.05) is 13.1 Å². The topological polar surface area (TPSA) is 58.3 Å². The average molecular weight is 293 g/mol. The molecule has 0 aromatic heterocycles. The standard InChI is InChI=1S/C12H15Cl2FN2O/c13-8-5-7(10(18)6-9(8)14)11(16)12(15)1-3-17-4-2-12/h5-6,11,17-18H,1-4,16H2. The van der Waals surface area contributed by atoms with Crippen LogP contribution in [0.3, 0.4) is 0 Å². The van der Waals surface area contributed by atoms with Crippen LogP contribution < -0.4 is 11.1 Å². The largest absolute Gasteiger partial charge is 0.508 e. The summed E-state index contributed by atoms with van der Waals surface area (Å²) < 4.78 is 14.7. The summed E-state index contributed by atoms with van der Waals surface area (Å²) in [4.78, 5) is 0. The van der Waals surface area contributed by atoms with E-state index in [0.717, 1.165) is 0 Å². The molecule has 2 rings (SSSR count). The lowest BCUT2D eigenvalue weighted by molar-refractivity contribution is 0.0823. The molecule has 0 radical (unpaired) electrons. The molecule has 0 saturated carbocycles. The molecule has 100 valence electrons. The maximum atomic E-state index is 14.7. The van der Waals surface area contributed by atoms with Crippen molar-refractivity contribution in [3.8, 4) is 5.75 Å². The van der Waals surface area contributed by atoms with Crippen molar-refractivity contribution in [1.29, 1.82) is 0 Å². The second-order valence-electron chi connectivity index (χ2n) is 4.59. The Hall–Kier alpha value is -0.550. The number of aromatic hydroxyl groups is 1. The molecule has 1 aliphatic rings. The van der Waals surface area contributed by atoms with E-state index in [0.29, 0.717) is 31.5 Å². The molecule has 1 aromatic carbocycles. The van der Waals surface area contributed by atoms with E-state index in [9.17, 15) is 9.50 Å². The number of benzene rings is 1. The number of phenolic OH excluding ortho intramolecular Hbond substituents is 1. The minimum absolute atomic E-state index is 0.118. The van der Waals surface area contributed by atoms with Crippen LogP contribution in [0.1, 0.15) is 24.4 Å². The van der Waals surface area contributed by atoms with E-state index in [1.807, 2.05) is 0 Å². The Morgan fingerprint density at radius 2 is 1.83 bits per heavy atom. The highest BCUT2D eigenvalue weighted by atomic mass is 35.5. The highest BCUT2D eigenvalue weighted by Crippen LogP contribution is 2.41. The molecule has 1 atom stereocenters. The lowest BCUT2D eigenvalue weighted by Crippen LogP contribution is -2.45. The molecule has 1 aliphatic heterocycles. The number of alkyl halides is 1. The summed E-state index contributed by atoms with van der Waals surface area (Å²) in [6.45, 7) is 1.15. The molecule has 1 fully saturated rings. The summed E-state index contributed by atoms with van der Waals surface area (Å²) in [5, 5.41) is 13.4. The third-order valence-corrected chi connectivity index (χ3v) is 4.12. The lowest BCUT2D eigenvalue weighted by Gasteiger charge is -2.35. The average Bonchev–Trinajstić information content (AvgIpc) is 2.34. The normalized spacial score (nSPS) is 20.7. The van der Waals surface area contributed by atoms with Gasteiger partial charge >= 0.3 is 0 Å². The fourth-order valence-corrected chi connectivity index (χ4v) is 2.56. The molecule has 1 unspecified atom stereocenters. The van der Waals surface area contributed by atoms with Gasteiger partial charge in [0.25, 0.3) is 0 Å². The van der Waals surface area contributed by atoms with Crippen molar-refractivity contribution in [3.63, 3.8) is 0 Å². The van der Waals surface area contributed by atoms with E-state index < -0.39 is 11.7 Å². The molecule has 0 amide bonds. The van der Waals surface area contributed by atoms with Gasteiger partial charge in [-0.3, -0.25) is 0 Å². The fraction of sp³-hybridized carbons (Fsp3) is 0.500. The van der Waals surface area contributed by atoms with Crippen LogP contribution in [-0.4, -0.2) is 23.9 Å². The van der Waals surface area contributed by atoms with Crippen LogP contribution in [0.25, 0.3) is 0 Å². The number of hydrogen-bond donors (Lipinski definition) is 3. The third-order valence-electron chi connectivity index (χ3n) is 3.40. The van der Waals surface area contributed by atoms with Gasteiger partial charge in [0.05, 0.1) is 16.1 Å². The molecule has 1 aromatic rings. The predicted octanol–water partition coefficient (Wildman–Crippen LogP) is 2.79. The molecule has 1 heterocycles. The molecule has 1 saturated heterocycles. The van der Waals surface area contributed by atoms with Gasteiger partial charge in [-0.2, -0.15) is 0 Å². The summed E-state index contributed by atoms with van der Waals surface area (Å²) >= 11 is 11.7. The molecule has 6 heteroatoms. The van der Waals surface area contributed by atoms with E-state index in [4.69, 9.17) is 28.9 Å². The summed E-state index contributed by atoms with van der Waals surface area (Å²) in [7, 11) is 0. The van der Waals surface area contributed by atoms with E-state index in [1.165, 1.54) is 12.1 Å². The van der Waals surface area contributed by atoms with Gasteiger partial charge in [-0.25, -0.2) is 4.39 Å². The van der Waals surface area contributed by atoms with Crippen molar-refractivity contribution < 1.29 is 9.50 Å². The van der Waals surface area contributed by atoms with Crippen LogP contribution in [0.4, 0.5) is 4.39 Å². The van der Waals surface area contributed by atoms with Crippen molar-refractivity contribution in [1.82, 2.24) is 5.32 Å². The van der Waals surface area contributed by atoms with Crippen molar-refractivity contribution in [2.45, 2.75) is 24.6 Å². The highest BCUT2D eigenvalue weighted by molar-refractivity contribution is 6.42. The molecular formula is C12H15Cl2FN2O. The summed E-state index contributed by atoms with van der Waals surface area (Å²) in [5.74, 6) is -0.118. The van der Waals surface area contributed by atoms with E-state index >= 15 is 0 Å². The van der Waals surface area contributed by atoms with Crippen LogP contribution >= 0.6 is 23.2 Å². The Labute approximate surface area is 115 Å².